The number of rotatable bonds is 8. The molecule has 0 saturated carbocycles. The van der Waals surface area contributed by atoms with Crippen molar-refractivity contribution in [1.82, 2.24) is 5.32 Å². The highest BCUT2D eigenvalue weighted by atomic mass is 35.5. The number of hydrogen-bond donors (Lipinski definition) is 2. The van der Waals surface area contributed by atoms with Gasteiger partial charge in [-0.1, -0.05) is 23.2 Å². The molecule has 0 unspecified atom stereocenters. The van der Waals surface area contributed by atoms with Gasteiger partial charge in [-0.3, -0.25) is 9.59 Å². The third kappa shape index (κ3) is 6.05. The van der Waals surface area contributed by atoms with Crippen molar-refractivity contribution in [3.63, 3.8) is 0 Å². The number of carbonyl (C=O) groups excluding carboxylic acids is 2. The highest BCUT2D eigenvalue weighted by Gasteiger charge is 2.13. The summed E-state index contributed by atoms with van der Waals surface area (Å²) in [4.78, 5) is 24.4. The molecule has 144 valence electrons. The minimum Gasteiger partial charge on any atom is -0.494 e. The summed E-state index contributed by atoms with van der Waals surface area (Å²) >= 11 is 11.7. The van der Waals surface area contributed by atoms with E-state index in [9.17, 15) is 9.59 Å². The van der Waals surface area contributed by atoms with E-state index in [1.807, 2.05) is 13.8 Å². The largest absolute Gasteiger partial charge is 0.494 e. The van der Waals surface area contributed by atoms with E-state index in [0.717, 1.165) is 0 Å². The van der Waals surface area contributed by atoms with Crippen LogP contribution in [0.5, 0.6) is 11.5 Å². The average Bonchev–Trinajstić information content (AvgIpc) is 2.64. The average molecular weight is 411 g/mol. The van der Waals surface area contributed by atoms with Gasteiger partial charge in [0.15, 0.2) is 0 Å². The number of benzene rings is 2. The molecule has 0 radical (unpaired) electrons. The van der Waals surface area contributed by atoms with Gasteiger partial charge in [-0.25, -0.2) is 0 Å². The Kier molecular flexibility index (Phi) is 7.76. The first-order chi connectivity index (χ1) is 12.9. The van der Waals surface area contributed by atoms with E-state index in [4.69, 9.17) is 32.7 Å². The Balaban J connectivity index is 2.01. The van der Waals surface area contributed by atoms with Crippen LogP contribution in [-0.2, 0) is 4.79 Å². The van der Waals surface area contributed by atoms with Crippen molar-refractivity contribution in [2.24, 2.45) is 0 Å². The molecule has 8 heteroatoms. The molecular weight excluding hydrogens is 391 g/mol. The van der Waals surface area contributed by atoms with Gasteiger partial charge >= 0.3 is 0 Å². The SMILES string of the molecule is CCOc1ccc(OCC)c(NC(=O)CNC(=O)c2ccc(Cl)c(Cl)c2)c1. The Labute approximate surface area is 167 Å². The second-order valence-corrected chi connectivity index (χ2v) is 6.20. The molecule has 0 spiro atoms. The number of carbonyl (C=O) groups is 2. The third-order valence-electron chi connectivity index (χ3n) is 3.43. The van der Waals surface area contributed by atoms with Crippen molar-refractivity contribution in [2.75, 3.05) is 25.1 Å². The quantitative estimate of drug-likeness (QED) is 0.684. The molecule has 6 nitrogen and oxygen atoms in total. The van der Waals surface area contributed by atoms with E-state index in [1.54, 1.807) is 18.2 Å². The number of ether oxygens (including phenoxy) is 2. The number of halogens is 2. The second kappa shape index (κ2) is 10.0. The lowest BCUT2D eigenvalue weighted by Gasteiger charge is -2.14. The fourth-order valence-corrected chi connectivity index (χ4v) is 2.54. The molecule has 2 aromatic carbocycles. The van der Waals surface area contributed by atoms with Crippen LogP contribution in [0.1, 0.15) is 24.2 Å². The Morgan fingerprint density at radius 2 is 1.70 bits per heavy atom. The van der Waals surface area contributed by atoms with Crippen LogP contribution in [0.4, 0.5) is 5.69 Å². The van der Waals surface area contributed by atoms with Gasteiger partial charge in [-0.05, 0) is 44.2 Å². The lowest BCUT2D eigenvalue weighted by atomic mass is 10.2. The van der Waals surface area contributed by atoms with Crippen LogP contribution in [0.3, 0.4) is 0 Å². The summed E-state index contributed by atoms with van der Waals surface area (Å²) in [7, 11) is 0. The van der Waals surface area contributed by atoms with E-state index in [1.165, 1.54) is 18.2 Å². The van der Waals surface area contributed by atoms with Crippen LogP contribution in [0.2, 0.25) is 10.0 Å². The molecule has 0 aliphatic carbocycles. The maximum Gasteiger partial charge on any atom is 0.251 e. The standard InChI is InChI=1S/C19H20Cl2N2O4/c1-3-26-13-6-8-17(27-4-2)16(10-13)23-18(24)11-22-19(25)12-5-7-14(20)15(21)9-12/h5-10H,3-4,11H2,1-2H3,(H,22,25)(H,23,24). The van der Waals surface area contributed by atoms with Crippen molar-refractivity contribution in [3.8, 4) is 11.5 Å². The molecule has 2 N–H and O–H groups in total. The Morgan fingerprint density at radius 1 is 0.963 bits per heavy atom. The van der Waals surface area contributed by atoms with Crippen LogP contribution in [0.25, 0.3) is 0 Å². The van der Waals surface area contributed by atoms with Gasteiger partial charge in [-0.15, -0.1) is 0 Å². The van der Waals surface area contributed by atoms with Crippen molar-refractivity contribution in [3.05, 3.63) is 52.0 Å². The highest BCUT2D eigenvalue weighted by Crippen LogP contribution is 2.29. The molecule has 2 aromatic rings. The van der Waals surface area contributed by atoms with E-state index < -0.39 is 11.8 Å². The van der Waals surface area contributed by atoms with Crippen molar-refractivity contribution in [2.45, 2.75) is 13.8 Å². The number of anilines is 1. The first-order valence-corrected chi connectivity index (χ1v) is 9.13. The van der Waals surface area contributed by atoms with Gasteiger partial charge in [0, 0.05) is 11.6 Å². The molecule has 0 atom stereocenters. The van der Waals surface area contributed by atoms with Gasteiger partial charge in [0.05, 0.1) is 35.5 Å². The van der Waals surface area contributed by atoms with E-state index >= 15 is 0 Å². The fourth-order valence-electron chi connectivity index (χ4n) is 2.24. The van der Waals surface area contributed by atoms with Crippen LogP contribution in [0.15, 0.2) is 36.4 Å². The van der Waals surface area contributed by atoms with Crippen molar-refractivity contribution in [1.29, 1.82) is 0 Å². The number of hydrogen-bond acceptors (Lipinski definition) is 4. The second-order valence-electron chi connectivity index (χ2n) is 5.38. The third-order valence-corrected chi connectivity index (χ3v) is 4.17. The van der Waals surface area contributed by atoms with Gasteiger partial charge in [-0.2, -0.15) is 0 Å². The maximum atomic E-state index is 12.2. The summed E-state index contributed by atoms with van der Waals surface area (Å²) in [6.45, 7) is 4.45. The number of nitrogens with one attached hydrogen (secondary N) is 2. The number of amides is 2. The summed E-state index contributed by atoms with van der Waals surface area (Å²) in [6, 6.07) is 9.64. The molecule has 0 aliphatic heterocycles. The summed E-state index contributed by atoms with van der Waals surface area (Å²) in [5, 5.41) is 5.86. The Hall–Kier alpha value is -2.44. The van der Waals surface area contributed by atoms with Gasteiger partial charge in [0.1, 0.15) is 11.5 Å². The molecule has 0 saturated heterocycles. The molecule has 2 amide bonds. The lowest BCUT2D eigenvalue weighted by molar-refractivity contribution is -0.115. The van der Waals surface area contributed by atoms with Crippen LogP contribution in [0, 0.1) is 0 Å². The zero-order chi connectivity index (χ0) is 19.8. The predicted molar refractivity (Wildman–Crippen MR) is 106 cm³/mol. The molecular formula is C19H20Cl2N2O4. The van der Waals surface area contributed by atoms with Gasteiger partial charge in [0.25, 0.3) is 5.91 Å². The van der Waals surface area contributed by atoms with Crippen LogP contribution in [-0.4, -0.2) is 31.6 Å². The first-order valence-electron chi connectivity index (χ1n) is 8.37. The van der Waals surface area contributed by atoms with E-state index in [-0.39, 0.29) is 11.6 Å². The van der Waals surface area contributed by atoms with E-state index in [0.29, 0.717) is 41.0 Å². The zero-order valence-corrected chi connectivity index (χ0v) is 16.5. The molecule has 0 aromatic heterocycles. The summed E-state index contributed by atoms with van der Waals surface area (Å²) < 4.78 is 10.9. The smallest absolute Gasteiger partial charge is 0.251 e. The first kappa shape index (κ1) is 20.9. The zero-order valence-electron chi connectivity index (χ0n) is 15.0. The maximum absolute atomic E-state index is 12.2. The van der Waals surface area contributed by atoms with Gasteiger partial charge in [0.2, 0.25) is 5.91 Å². The van der Waals surface area contributed by atoms with Crippen molar-refractivity contribution < 1.29 is 19.1 Å². The van der Waals surface area contributed by atoms with Crippen LogP contribution < -0.4 is 20.1 Å². The summed E-state index contributed by atoms with van der Waals surface area (Å²) in [6.07, 6.45) is 0. The topological polar surface area (TPSA) is 76.7 Å². The van der Waals surface area contributed by atoms with E-state index in [2.05, 4.69) is 10.6 Å². The summed E-state index contributed by atoms with van der Waals surface area (Å²) in [5.41, 5.74) is 0.780. The normalized spacial score (nSPS) is 10.2. The minimum atomic E-state index is -0.434. The lowest BCUT2D eigenvalue weighted by Crippen LogP contribution is -2.33. The minimum absolute atomic E-state index is 0.219. The Morgan fingerprint density at radius 3 is 2.37 bits per heavy atom. The molecule has 0 fully saturated rings. The highest BCUT2D eigenvalue weighted by molar-refractivity contribution is 6.42. The molecule has 27 heavy (non-hydrogen) atoms. The molecule has 2 rings (SSSR count). The molecule has 0 aliphatic rings. The summed E-state index contributed by atoms with van der Waals surface area (Å²) in [5.74, 6) is 0.288. The monoisotopic (exact) mass is 410 g/mol. The van der Waals surface area contributed by atoms with Gasteiger partial charge < -0.3 is 20.1 Å². The fraction of sp³-hybridized carbons (Fsp3) is 0.263. The molecule has 0 bridgehead atoms. The molecule has 0 heterocycles. The Bertz CT molecular complexity index is 827. The van der Waals surface area contributed by atoms with Crippen LogP contribution >= 0.6 is 23.2 Å². The van der Waals surface area contributed by atoms with Crippen molar-refractivity contribution >= 4 is 40.7 Å². The predicted octanol–water partition coefficient (Wildman–Crippen LogP) is 4.16.